The number of rotatable bonds is 2. The first-order chi connectivity index (χ1) is 8.06. The molecule has 1 aromatic rings. The first-order valence-electron chi connectivity index (χ1n) is 5.80. The predicted molar refractivity (Wildman–Crippen MR) is 81.0 cm³/mol. The number of aryl methyl sites for hydroxylation is 1. The summed E-state index contributed by atoms with van der Waals surface area (Å²) in [5.41, 5.74) is 2.34. The lowest BCUT2D eigenvalue weighted by molar-refractivity contribution is 0.621. The van der Waals surface area contributed by atoms with E-state index in [4.69, 9.17) is 0 Å². The number of benzene rings is 1. The Hall–Kier alpha value is -0.480. The summed E-state index contributed by atoms with van der Waals surface area (Å²) >= 11 is 5.39. The zero-order valence-corrected chi connectivity index (χ0v) is 12.7. The van der Waals surface area contributed by atoms with Gasteiger partial charge in [0.25, 0.3) is 0 Å². The maximum atomic E-state index is 4.54. The van der Waals surface area contributed by atoms with Crippen molar-refractivity contribution in [1.82, 2.24) is 0 Å². The van der Waals surface area contributed by atoms with E-state index >= 15 is 0 Å². The molecular weight excluding hydrogens is 296 g/mol. The lowest BCUT2D eigenvalue weighted by Crippen LogP contribution is -2.13. The van der Waals surface area contributed by atoms with Crippen molar-refractivity contribution >= 4 is 38.5 Å². The Balaban J connectivity index is 2.00. The Morgan fingerprint density at radius 1 is 1.47 bits per heavy atom. The highest BCUT2D eigenvalue weighted by atomic mass is 79.9. The fourth-order valence-electron chi connectivity index (χ4n) is 1.60. The van der Waals surface area contributed by atoms with Crippen LogP contribution < -0.4 is 5.32 Å². The van der Waals surface area contributed by atoms with Crippen LogP contribution in [0.3, 0.4) is 0 Å². The van der Waals surface area contributed by atoms with Crippen LogP contribution in [0.2, 0.25) is 0 Å². The number of nitrogens with one attached hydrogen (secondary N) is 1. The highest BCUT2D eigenvalue weighted by Gasteiger charge is 2.22. The summed E-state index contributed by atoms with van der Waals surface area (Å²) in [5.74, 6) is 0.674. The van der Waals surface area contributed by atoms with Crippen molar-refractivity contribution in [3.63, 3.8) is 0 Å². The molecule has 0 aromatic heterocycles. The van der Waals surface area contributed by atoms with E-state index in [-0.39, 0.29) is 0 Å². The van der Waals surface area contributed by atoms with Gasteiger partial charge in [-0.3, -0.25) is 4.99 Å². The molecule has 0 fully saturated rings. The third kappa shape index (κ3) is 3.26. The Morgan fingerprint density at radius 3 is 2.82 bits per heavy atom. The molecule has 1 aliphatic rings. The minimum Gasteiger partial charge on any atom is -0.335 e. The van der Waals surface area contributed by atoms with Crippen molar-refractivity contribution in [2.24, 2.45) is 10.9 Å². The van der Waals surface area contributed by atoms with E-state index in [1.165, 1.54) is 5.56 Å². The first-order valence-corrected chi connectivity index (χ1v) is 7.48. The Bertz CT molecular complexity index is 443. The van der Waals surface area contributed by atoms with Crippen molar-refractivity contribution in [3.8, 4) is 0 Å². The minimum absolute atomic E-state index is 0.617. The van der Waals surface area contributed by atoms with E-state index in [2.05, 4.69) is 65.2 Å². The number of aliphatic imine (C=N–C) groups is 1. The van der Waals surface area contributed by atoms with Gasteiger partial charge in [-0.05, 0) is 30.5 Å². The highest BCUT2D eigenvalue weighted by molar-refractivity contribution is 9.10. The van der Waals surface area contributed by atoms with Gasteiger partial charge < -0.3 is 5.32 Å². The molecule has 1 aromatic carbocycles. The summed E-state index contributed by atoms with van der Waals surface area (Å²) in [7, 11) is 0. The van der Waals surface area contributed by atoms with Gasteiger partial charge in [0.05, 0.1) is 6.54 Å². The van der Waals surface area contributed by atoms with E-state index < -0.39 is 0 Å². The number of hydrogen-bond acceptors (Lipinski definition) is 3. The zero-order valence-electron chi connectivity index (χ0n) is 10.3. The lowest BCUT2D eigenvalue weighted by Gasteiger charge is -2.12. The van der Waals surface area contributed by atoms with E-state index in [0.717, 1.165) is 21.9 Å². The van der Waals surface area contributed by atoms with Crippen molar-refractivity contribution in [3.05, 3.63) is 28.2 Å². The zero-order chi connectivity index (χ0) is 12.4. The van der Waals surface area contributed by atoms with Gasteiger partial charge in [-0.25, -0.2) is 0 Å². The molecule has 17 heavy (non-hydrogen) atoms. The SMILES string of the molecule is Cc1ccc(NC2=NCC(C(C)C)S2)cc1Br. The number of nitrogens with zero attached hydrogens (tertiary/aromatic N) is 1. The second-order valence-corrected chi connectivity index (χ2v) is 6.72. The summed E-state index contributed by atoms with van der Waals surface area (Å²) in [6.07, 6.45) is 0. The summed E-state index contributed by atoms with van der Waals surface area (Å²) in [6.45, 7) is 7.51. The molecule has 0 amide bonds. The monoisotopic (exact) mass is 312 g/mol. The fraction of sp³-hybridized carbons (Fsp3) is 0.462. The molecule has 92 valence electrons. The van der Waals surface area contributed by atoms with Crippen LogP contribution in [-0.4, -0.2) is 17.0 Å². The average Bonchev–Trinajstić information content (AvgIpc) is 2.72. The summed E-state index contributed by atoms with van der Waals surface area (Å²) < 4.78 is 1.13. The van der Waals surface area contributed by atoms with Gasteiger partial charge in [0.2, 0.25) is 0 Å². The molecule has 2 nitrogen and oxygen atoms in total. The molecule has 0 aliphatic carbocycles. The molecule has 0 saturated heterocycles. The maximum absolute atomic E-state index is 4.54. The van der Waals surface area contributed by atoms with Crippen molar-refractivity contribution < 1.29 is 0 Å². The van der Waals surface area contributed by atoms with E-state index in [1.807, 2.05) is 11.8 Å². The molecule has 2 rings (SSSR count). The normalized spacial score (nSPS) is 19.6. The van der Waals surface area contributed by atoms with Gasteiger partial charge in [0.15, 0.2) is 5.17 Å². The standard InChI is InChI=1S/C13H17BrN2S/c1-8(2)12-7-15-13(17-12)16-10-5-4-9(3)11(14)6-10/h4-6,8,12H,7H2,1-3H3,(H,15,16). The highest BCUT2D eigenvalue weighted by Crippen LogP contribution is 2.28. The largest absolute Gasteiger partial charge is 0.335 e. The Labute approximate surface area is 115 Å². The van der Waals surface area contributed by atoms with Crippen LogP contribution >= 0.6 is 27.7 Å². The van der Waals surface area contributed by atoms with E-state index in [9.17, 15) is 0 Å². The van der Waals surface area contributed by atoms with Gasteiger partial charge in [-0.15, -0.1) is 0 Å². The number of halogens is 1. The van der Waals surface area contributed by atoms with Crippen molar-refractivity contribution in [2.75, 3.05) is 11.9 Å². The second kappa shape index (κ2) is 5.44. The smallest absolute Gasteiger partial charge is 0.161 e. The van der Waals surface area contributed by atoms with Gasteiger partial charge >= 0.3 is 0 Å². The minimum atomic E-state index is 0.617. The first kappa shape index (κ1) is 13.0. The molecule has 4 heteroatoms. The van der Waals surface area contributed by atoms with Crippen LogP contribution in [0, 0.1) is 12.8 Å². The average molecular weight is 313 g/mol. The van der Waals surface area contributed by atoms with Crippen LogP contribution in [0.5, 0.6) is 0 Å². The number of thioether (sulfide) groups is 1. The Kier molecular flexibility index (Phi) is 4.15. The van der Waals surface area contributed by atoms with Crippen molar-refractivity contribution in [2.45, 2.75) is 26.0 Å². The quantitative estimate of drug-likeness (QED) is 0.880. The van der Waals surface area contributed by atoms with Crippen LogP contribution in [-0.2, 0) is 0 Å². The van der Waals surface area contributed by atoms with Crippen LogP contribution in [0.1, 0.15) is 19.4 Å². The molecule has 0 saturated carbocycles. The molecule has 1 aliphatic heterocycles. The molecule has 0 radical (unpaired) electrons. The second-order valence-electron chi connectivity index (χ2n) is 4.64. The van der Waals surface area contributed by atoms with E-state index in [1.54, 1.807) is 0 Å². The predicted octanol–water partition coefficient (Wildman–Crippen LogP) is 4.30. The molecule has 0 bridgehead atoms. The maximum Gasteiger partial charge on any atom is 0.161 e. The van der Waals surface area contributed by atoms with Gasteiger partial charge in [-0.2, -0.15) is 0 Å². The van der Waals surface area contributed by atoms with Crippen LogP contribution in [0.25, 0.3) is 0 Å². The third-order valence-corrected chi connectivity index (χ3v) is 5.15. The van der Waals surface area contributed by atoms with Gasteiger partial charge in [0, 0.05) is 15.4 Å². The van der Waals surface area contributed by atoms with E-state index in [0.29, 0.717) is 11.2 Å². The Morgan fingerprint density at radius 2 is 2.24 bits per heavy atom. The molecular formula is C13H17BrN2S. The molecule has 1 N–H and O–H groups in total. The third-order valence-electron chi connectivity index (χ3n) is 2.84. The molecule has 1 unspecified atom stereocenters. The fourth-order valence-corrected chi connectivity index (χ4v) is 3.01. The lowest BCUT2D eigenvalue weighted by atomic mass is 10.1. The molecule has 1 heterocycles. The van der Waals surface area contributed by atoms with Crippen LogP contribution in [0.15, 0.2) is 27.7 Å². The van der Waals surface area contributed by atoms with Crippen molar-refractivity contribution in [1.29, 1.82) is 0 Å². The number of hydrogen-bond donors (Lipinski definition) is 1. The number of anilines is 1. The van der Waals surface area contributed by atoms with Crippen LogP contribution in [0.4, 0.5) is 5.69 Å². The summed E-state index contributed by atoms with van der Waals surface area (Å²) in [4.78, 5) is 4.54. The molecule has 1 atom stereocenters. The number of amidine groups is 1. The molecule has 0 spiro atoms. The summed E-state index contributed by atoms with van der Waals surface area (Å²) in [5, 5.41) is 5.03. The van der Waals surface area contributed by atoms with Gasteiger partial charge in [-0.1, -0.05) is 47.6 Å². The topological polar surface area (TPSA) is 24.4 Å². The van der Waals surface area contributed by atoms with Gasteiger partial charge in [0.1, 0.15) is 0 Å². The summed E-state index contributed by atoms with van der Waals surface area (Å²) in [6, 6.07) is 6.29.